The molecule has 0 saturated heterocycles. The second-order valence-corrected chi connectivity index (χ2v) is 28.3. The number of fused-ring (bicyclic) bond motifs is 11. The van der Waals surface area contributed by atoms with Gasteiger partial charge in [-0.2, -0.15) is 0 Å². The van der Waals surface area contributed by atoms with Crippen molar-refractivity contribution < 1.29 is 33.6 Å². The van der Waals surface area contributed by atoms with Crippen molar-refractivity contribution >= 4 is 77.9 Å². The van der Waals surface area contributed by atoms with E-state index in [0.717, 1.165) is 89.5 Å². The van der Waals surface area contributed by atoms with Gasteiger partial charge in [0.25, 0.3) is 6.71 Å². The Morgan fingerprint density at radius 2 is 1.27 bits per heavy atom. The summed E-state index contributed by atoms with van der Waals surface area (Å²) in [4.78, 5) is 9.67. The molecule has 9 aromatic carbocycles. The zero-order valence-corrected chi connectivity index (χ0v) is 56.0. The molecule has 2 aliphatic rings. The summed E-state index contributed by atoms with van der Waals surface area (Å²) in [6, 6.07) is 62.7. The molecule has 447 valence electrons. The second-order valence-electron chi connectivity index (χ2n) is 28.3. The minimum absolute atomic E-state index is 0. The van der Waals surface area contributed by atoms with Crippen molar-refractivity contribution in [2.24, 2.45) is 0 Å². The van der Waals surface area contributed by atoms with Crippen LogP contribution >= 0.6 is 0 Å². The average Bonchev–Trinajstić information content (AvgIpc) is 1.63. The summed E-state index contributed by atoms with van der Waals surface area (Å²) in [5, 5.41) is 4.68. The fourth-order valence-electron chi connectivity index (χ4n) is 13.4. The Morgan fingerprint density at radius 1 is 0.573 bits per heavy atom. The molecule has 9 heteroatoms. The predicted octanol–water partition coefficient (Wildman–Crippen LogP) is 19.5. The van der Waals surface area contributed by atoms with Crippen molar-refractivity contribution in [1.29, 1.82) is 0 Å². The first-order valence-electron chi connectivity index (χ1n) is 31.1. The third-order valence-electron chi connectivity index (χ3n) is 18.5. The molecule has 0 spiro atoms. The van der Waals surface area contributed by atoms with Gasteiger partial charge in [0.15, 0.2) is 0 Å². The Labute approximate surface area is 536 Å². The van der Waals surface area contributed by atoms with Gasteiger partial charge in [-0.3, -0.25) is 9.37 Å². The third-order valence-corrected chi connectivity index (χ3v) is 18.5. The van der Waals surface area contributed by atoms with E-state index in [0.29, 0.717) is 11.8 Å². The molecule has 6 nitrogen and oxygen atoms in total. The summed E-state index contributed by atoms with van der Waals surface area (Å²) in [5.41, 5.74) is 25.6. The largest absolute Gasteiger partial charge is 0.501 e. The summed E-state index contributed by atoms with van der Waals surface area (Å²) >= 11 is 0. The summed E-state index contributed by atoms with van der Waals surface area (Å²) in [6.45, 7) is 34.0. The molecule has 15 rings (SSSR count). The van der Waals surface area contributed by atoms with Crippen LogP contribution in [0, 0.1) is 31.8 Å². The first-order chi connectivity index (χ1) is 41.9. The third kappa shape index (κ3) is 10.0. The van der Waals surface area contributed by atoms with Gasteiger partial charge in [0.1, 0.15) is 17.1 Å². The van der Waals surface area contributed by atoms with E-state index >= 15 is 0 Å². The number of ether oxygens (including phenoxy) is 1. The number of para-hydroxylation sites is 3. The summed E-state index contributed by atoms with van der Waals surface area (Å²) in [7, 11) is 0. The molecule has 0 aliphatic carbocycles. The second kappa shape index (κ2) is 21.7. The predicted molar refractivity (Wildman–Crippen MR) is 366 cm³/mol. The van der Waals surface area contributed by atoms with Gasteiger partial charge in [-0.1, -0.05) is 179 Å². The molecule has 0 fully saturated rings. The van der Waals surface area contributed by atoms with E-state index in [4.69, 9.17) is 14.1 Å². The van der Waals surface area contributed by atoms with Crippen LogP contribution in [0.3, 0.4) is 0 Å². The first kappa shape index (κ1) is 59.6. The summed E-state index contributed by atoms with van der Waals surface area (Å²) < 4.78 is 31.9. The van der Waals surface area contributed by atoms with E-state index < -0.39 is 0 Å². The van der Waals surface area contributed by atoms with E-state index in [9.17, 15) is 4.39 Å². The Balaban J connectivity index is 0.000000399. The van der Waals surface area contributed by atoms with Crippen molar-refractivity contribution in [1.82, 2.24) is 19.1 Å². The number of rotatable bonds is 6. The van der Waals surface area contributed by atoms with Crippen LogP contribution < -0.4 is 21.1 Å². The van der Waals surface area contributed by atoms with Gasteiger partial charge >= 0.3 is 0 Å². The summed E-state index contributed by atoms with van der Waals surface area (Å²) in [6.07, 6.45) is 1.82. The monoisotopic (exact) mass is 1350 g/mol. The molecule has 2 aliphatic heterocycles. The fourth-order valence-corrected chi connectivity index (χ4v) is 13.4. The maximum atomic E-state index is 12.7. The fraction of sp³-hybridized carbons (Fsp3) is 0.250. The van der Waals surface area contributed by atoms with Gasteiger partial charge in [0.05, 0.1) is 28.0 Å². The SMILES string of the molecule is CC(C)c1cccc(C(C)C)c1-n1c(-c2[c-]ccc3c2oc2cc(-c4cc5c6c(c4)-n4c7ccc(C(C)(C)C)cc7c7cc(C(C)(C)C)cc(c74)B6c4cc(C(C)(C)C)ccc4O5)ccc23)nc2ccccc21.Cc1cnc(-c2[c-]cc(F)cc2)cc1C.[Ir]. The standard InChI is InChI=1S/C67H63BN3O2.C13H11FN.Ir/c1-37(2)44-18-16-19-45(38(3)4)61(44)71-55-23-15-14-22-53(55)69-64(71)48-21-17-20-47-46-27-24-39(31-58(46)73-63(47)48)40-30-56-60-59(32-40)72-57-29-26-42(66(8,9)10)35-51(57)68(60)52-36-43(67(11,12)13)34-50-49-33-41(65(5,6)7)25-28-54(49)70(56)62(50)52;1-9-7-13(15-8-10(9)2)11-3-5-12(14)6-4-11;/h14-20,22-38H,1-13H3;3,5-8H,1-2H3;/q2*-1;. The maximum Gasteiger partial charge on any atom is 0.256 e. The topological polar surface area (TPSA) is 58.0 Å². The zero-order chi connectivity index (χ0) is 61.6. The molecule has 0 saturated carbocycles. The molecular weight excluding hydrogens is 1270 g/mol. The van der Waals surface area contributed by atoms with Gasteiger partial charge in [0.2, 0.25) is 0 Å². The number of hydrogen-bond acceptors (Lipinski definition) is 4. The maximum absolute atomic E-state index is 12.7. The molecule has 0 unspecified atom stereocenters. The van der Waals surface area contributed by atoms with Gasteiger partial charge < -0.3 is 23.3 Å². The van der Waals surface area contributed by atoms with Gasteiger partial charge in [0, 0.05) is 65.2 Å². The molecular formula is C80H74BFIrN4O2-2. The van der Waals surface area contributed by atoms with Crippen LogP contribution in [0.25, 0.3) is 99.9 Å². The van der Waals surface area contributed by atoms with Crippen molar-refractivity contribution in [3.05, 3.63) is 221 Å². The van der Waals surface area contributed by atoms with E-state index in [2.05, 4.69) is 244 Å². The van der Waals surface area contributed by atoms with Crippen molar-refractivity contribution in [3.8, 4) is 56.6 Å². The molecule has 0 atom stereocenters. The molecule has 89 heavy (non-hydrogen) atoms. The zero-order valence-electron chi connectivity index (χ0n) is 53.6. The van der Waals surface area contributed by atoms with E-state index in [1.807, 2.05) is 32.2 Å². The number of aromatic nitrogens is 4. The van der Waals surface area contributed by atoms with Crippen LogP contribution in [-0.4, -0.2) is 25.8 Å². The Bertz CT molecular complexity index is 4980. The van der Waals surface area contributed by atoms with Crippen LogP contribution in [-0.2, 0) is 36.4 Å². The van der Waals surface area contributed by atoms with Crippen LogP contribution in [0.15, 0.2) is 168 Å². The van der Waals surface area contributed by atoms with E-state index in [1.54, 1.807) is 6.07 Å². The molecule has 0 bridgehead atoms. The van der Waals surface area contributed by atoms with Crippen LogP contribution in [0.2, 0.25) is 0 Å². The van der Waals surface area contributed by atoms with E-state index in [1.165, 1.54) is 89.4 Å². The Morgan fingerprint density at radius 3 is 1.97 bits per heavy atom. The number of pyridine rings is 1. The smallest absolute Gasteiger partial charge is 0.256 e. The van der Waals surface area contributed by atoms with Crippen molar-refractivity contribution in [2.45, 2.75) is 132 Å². The molecule has 1 radical (unpaired) electrons. The number of aryl methyl sites for hydroxylation is 2. The number of furan rings is 1. The number of imidazole rings is 1. The normalized spacial score (nSPS) is 12.9. The van der Waals surface area contributed by atoms with Gasteiger partial charge in [-0.15, -0.1) is 48.0 Å². The number of halogens is 1. The molecule has 4 aromatic heterocycles. The van der Waals surface area contributed by atoms with Gasteiger partial charge in [-0.25, -0.2) is 0 Å². The Kier molecular flexibility index (Phi) is 14.5. The average molecular weight is 1350 g/mol. The minimum Gasteiger partial charge on any atom is -0.501 e. The number of benzene rings is 9. The van der Waals surface area contributed by atoms with Crippen molar-refractivity contribution in [2.75, 3.05) is 0 Å². The van der Waals surface area contributed by atoms with Crippen LogP contribution in [0.1, 0.15) is 141 Å². The quantitative estimate of drug-likeness (QED) is 0.123. The number of nitrogens with zero attached hydrogens (tertiary/aromatic N) is 4. The molecule has 0 amide bonds. The number of hydrogen-bond donors (Lipinski definition) is 0. The molecule has 6 heterocycles. The van der Waals surface area contributed by atoms with Gasteiger partial charge in [-0.05, 0) is 163 Å². The summed E-state index contributed by atoms with van der Waals surface area (Å²) in [5.74, 6) is 2.97. The Hall–Kier alpha value is -8.36. The van der Waals surface area contributed by atoms with E-state index in [-0.39, 0.29) is 48.9 Å². The van der Waals surface area contributed by atoms with Crippen LogP contribution in [0.5, 0.6) is 11.5 Å². The molecule has 13 aromatic rings. The minimum atomic E-state index is -0.275. The molecule has 0 N–H and O–H groups in total. The van der Waals surface area contributed by atoms with Crippen LogP contribution in [0.4, 0.5) is 4.39 Å². The van der Waals surface area contributed by atoms with Crippen molar-refractivity contribution in [3.63, 3.8) is 0 Å². The first-order valence-corrected chi connectivity index (χ1v) is 31.1.